The molecule has 2 aliphatic rings. The van der Waals surface area contributed by atoms with Crippen LogP contribution in [0.3, 0.4) is 0 Å². The van der Waals surface area contributed by atoms with Gasteiger partial charge in [0.25, 0.3) is 0 Å². The fraction of sp³-hybridized carbons (Fsp3) is 0.381. The van der Waals surface area contributed by atoms with E-state index in [0.29, 0.717) is 6.42 Å². The number of carbonyl (C=O) groups is 1. The van der Waals surface area contributed by atoms with Gasteiger partial charge in [0.1, 0.15) is 5.75 Å². The molecule has 1 heterocycles. The minimum absolute atomic E-state index is 0.107. The van der Waals surface area contributed by atoms with Crippen LogP contribution in [0.4, 0.5) is 5.69 Å². The fourth-order valence-corrected chi connectivity index (χ4v) is 3.59. The summed E-state index contributed by atoms with van der Waals surface area (Å²) in [6.07, 6.45) is 3.97. The van der Waals surface area contributed by atoms with E-state index in [2.05, 4.69) is 41.7 Å². The Morgan fingerprint density at radius 1 is 1.08 bits per heavy atom. The van der Waals surface area contributed by atoms with Crippen LogP contribution in [0, 0.1) is 0 Å². The number of rotatable bonds is 6. The van der Waals surface area contributed by atoms with Crippen molar-refractivity contribution in [1.29, 1.82) is 0 Å². The van der Waals surface area contributed by atoms with Gasteiger partial charge in [0.05, 0.1) is 7.11 Å². The molecule has 1 aliphatic heterocycles. The second kappa shape index (κ2) is 6.52. The van der Waals surface area contributed by atoms with Gasteiger partial charge < -0.3 is 15.0 Å². The lowest BCUT2D eigenvalue weighted by atomic mass is 10.0. The largest absolute Gasteiger partial charge is 0.497 e. The number of anilines is 1. The van der Waals surface area contributed by atoms with Crippen molar-refractivity contribution >= 4 is 11.6 Å². The zero-order chi connectivity index (χ0) is 17.3. The normalized spacial score (nSPS) is 18.4. The highest BCUT2D eigenvalue weighted by Gasteiger charge is 2.43. The Hall–Kier alpha value is -2.33. The molecule has 2 fully saturated rings. The van der Waals surface area contributed by atoms with Gasteiger partial charge in [-0.05, 0) is 54.7 Å². The summed E-state index contributed by atoms with van der Waals surface area (Å²) >= 11 is 0. The summed E-state index contributed by atoms with van der Waals surface area (Å²) in [5.74, 6) is 1.13. The summed E-state index contributed by atoms with van der Waals surface area (Å²) in [5.41, 5.74) is 3.70. The van der Waals surface area contributed by atoms with E-state index in [-0.39, 0.29) is 11.4 Å². The number of amides is 1. The summed E-state index contributed by atoms with van der Waals surface area (Å²) in [6.45, 7) is 1.68. The molecule has 1 amide bonds. The number of benzene rings is 2. The van der Waals surface area contributed by atoms with Gasteiger partial charge in [0, 0.05) is 30.7 Å². The highest BCUT2D eigenvalue weighted by molar-refractivity contribution is 5.95. The van der Waals surface area contributed by atoms with Crippen molar-refractivity contribution < 1.29 is 9.53 Å². The Kier molecular flexibility index (Phi) is 4.22. The van der Waals surface area contributed by atoms with Crippen LogP contribution in [-0.4, -0.2) is 19.6 Å². The number of hydrogen-bond donors (Lipinski definition) is 1. The monoisotopic (exact) mass is 336 g/mol. The Morgan fingerprint density at radius 3 is 2.36 bits per heavy atom. The van der Waals surface area contributed by atoms with Crippen LogP contribution in [0.25, 0.3) is 0 Å². The summed E-state index contributed by atoms with van der Waals surface area (Å²) < 4.78 is 5.24. The van der Waals surface area contributed by atoms with Crippen molar-refractivity contribution in [1.82, 2.24) is 5.32 Å². The first-order valence-corrected chi connectivity index (χ1v) is 8.99. The lowest BCUT2D eigenvalue weighted by molar-refractivity contribution is -0.117. The third kappa shape index (κ3) is 3.27. The van der Waals surface area contributed by atoms with E-state index in [0.717, 1.165) is 30.9 Å². The second-order valence-corrected chi connectivity index (χ2v) is 6.98. The SMILES string of the molecule is COc1ccc(C2(NCc3ccc(N4CCCC4=O)cc3)CC2)cc1. The molecule has 0 unspecified atom stereocenters. The van der Waals surface area contributed by atoms with E-state index >= 15 is 0 Å². The summed E-state index contributed by atoms with van der Waals surface area (Å²) in [4.78, 5) is 13.7. The zero-order valence-corrected chi connectivity index (χ0v) is 14.6. The third-order valence-corrected chi connectivity index (χ3v) is 5.34. The second-order valence-electron chi connectivity index (χ2n) is 6.98. The molecule has 0 spiro atoms. The summed E-state index contributed by atoms with van der Waals surface area (Å²) in [7, 11) is 1.69. The molecule has 0 radical (unpaired) electrons. The maximum Gasteiger partial charge on any atom is 0.227 e. The average Bonchev–Trinajstić information content (AvgIpc) is 3.34. The van der Waals surface area contributed by atoms with Crippen LogP contribution in [-0.2, 0) is 16.9 Å². The predicted octanol–water partition coefficient (Wildman–Crippen LogP) is 3.60. The molecular weight excluding hydrogens is 312 g/mol. The number of ether oxygens (including phenoxy) is 1. The van der Waals surface area contributed by atoms with E-state index in [1.165, 1.54) is 24.0 Å². The third-order valence-electron chi connectivity index (χ3n) is 5.34. The van der Waals surface area contributed by atoms with Crippen molar-refractivity contribution in [2.24, 2.45) is 0 Å². The Bertz CT molecular complexity index is 748. The minimum Gasteiger partial charge on any atom is -0.497 e. The first-order chi connectivity index (χ1) is 12.2. The van der Waals surface area contributed by atoms with E-state index in [1.54, 1.807) is 7.11 Å². The molecule has 0 aromatic heterocycles. The molecule has 4 heteroatoms. The van der Waals surface area contributed by atoms with Crippen molar-refractivity contribution in [3.8, 4) is 5.75 Å². The Balaban J connectivity index is 1.40. The van der Waals surface area contributed by atoms with Gasteiger partial charge in [-0.25, -0.2) is 0 Å². The van der Waals surface area contributed by atoms with Gasteiger partial charge in [-0.1, -0.05) is 24.3 Å². The molecule has 0 bridgehead atoms. The topological polar surface area (TPSA) is 41.6 Å². The van der Waals surface area contributed by atoms with Gasteiger partial charge in [-0.15, -0.1) is 0 Å². The van der Waals surface area contributed by atoms with Crippen molar-refractivity contribution in [2.75, 3.05) is 18.6 Å². The number of hydrogen-bond acceptors (Lipinski definition) is 3. The minimum atomic E-state index is 0.107. The standard InChI is InChI=1S/C21H24N2O2/c1-25-19-10-6-17(7-11-19)21(12-13-21)22-15-16-4-8-18(9-5-16)23-14-2-3-20(23)24/h4-11,22H,2-3,12-15H2,1H3. The van der Waals surface area contributed by atoms with Gasteiger partial charge in [-0.3, -0.25) is 4.79 Å². The molecule has 2 aromatic carbocycles. The van der Waals surface area contributed by atoms with E-state index in [1.807, 2.05) is 17.0 Å². The van der Waals surface area contributed by atoms with Crippen LogP contribution in [0.15, 0.2) is 48.5 Å². The smallest absolute Gasteiger partial charge is 0.227 e. The lowest BCUT2D eigenvalue weighted by Gasteiger charge is -2.19. The molecule has 1 saturated carbocycles. The fourth-order valence-electron chi connectivity index (χ4n) is 3.59. The highest BCUT2D eigenvalue weighted by Crippen LogP contribution is 2.46. The van der Waals surface area contributed by atoms with Gasteiger partial charge in [-0.2, -0.15) is 0 Å². The van der Waals surface area contributed by atoms with Crippen LogP contribution in [0.5, 0.6) is 5.75 Å². The lowest BCUT2D eigenvalue weighted by Crippen LogP contribution is -2.28. The number of nitrogens with one attached hydrogen (secondary N) is 1. The predicted molar refractivity (Wildman–Crippen MR) is 98.8 cm³/mol. The van der Waals surface area contributed by atoms with Crippen LogP contribution in [0.1, 0.15) is 36.8 Å². The molecule has 25 heavy (non-hydrogen) atoms. The molecular formula is C21H24N2O2. The van der Waals surface area contributed by atoms with E-state index in [4.69, 9.17) is 4.74 Å². The number of nitrogens with zero attached hydrogens (tertiary/aromatic N) is 1. The maximum absolute atomic E-state index is 11.8. The van der Waals surface area contributed by atoms with Crippen molar-refractivity contribution in [3.63, 3.8) is 0 Å². The first-order valence-electron chi connectivity index (χ1n) is 8.99. The molecule has 0 atom stereocenters. The maximum atomic E-state index is 11.8. The molecule has 2 aromatic rings. The molecule has 1 N–H and O–H groups in total. The summed E-state index contributed by atoms with van der Waals surface area (Å²) in [6, 6.07) is 16.7. The molecule has 1 aliphatic carbocycles. The van der Waals surface area contributed by atoms with Crippen LogP contribution < -0.4 is 15.0 Å². The highest BCUT2D eigenvalue weighted by atomic mass is 16.5. The van der Waals surface area contributed by atoms with Crippen LogP contribution >= 0.6 is 0 Å². The molecule has 4 nitrogen and oxygen atoms in total. The Morgan fingerprint density at radius 2 is 1.80 bits per heavy atom. The first kappa shape index (κ1) is 16.2. The number of carbonyl (C=O) groups excluding carboxylic acids is 1. The van der Waals surface area contributed by atoms with Gasteiger partial charge in [0.15, 0.2) is 0 Å². The van der Waals surface area contributed by atoms with Crippen LogP contribution in [0.2, 0.25) is 0 Å². The van der Waals surface area contributed by atoms with E-state index < -0.39 is 0 Å². The average molecular weight is 336 g/mol. The van der Waals surface area contributed by atoms with E-state index in [9.17, 15) is 4.79 Å². The molecule has 4 rings (SSSR count). The zero-order valence-electron chi connectivity index (χ0n) is 14.6. The summed E-state index contributed by atoms with van der Waals surface area (Å²) in [5, 5.41) is 3.72. The van der Waals surface area contributed by atoms with Gasteiger partial charge in [0.2, 0.25) is 5.91 Å². The van der Waals surface area contributed by atoms with Crippen molar-refractivity contribution in [3.05, 3.63) is 59.7 Å². The molecule has 1 saturated heterocycles. The molecule has 130 valence electrons. The van der Waals surface area contributed by atoms with Crippen molar-refractivity contribution in [2.45, 2.75) is 37.8 Å². The Labute approximate surface area is 148 Å². The van der Waals surface area contributed by atoms with Gasteiger partial charge >= 0.3 is 0 Å². The number of methoxy groups -OCH3 is 1. The quantitative estimate of drug-likeness (QED) is 0.876.